The molecule has 1 aromatic carbocycles. The Bertz CT molecular complexity index is 625. The Labute approximate surface area is 151 Å². The van der Waals surface area contributed by atoms with Gasteiger partial charge in [-0.2, -0.15) is 14.9 Å². The highest BCUT2D eigenvalue weighted by atomic mass is 19.1. The van der Waals surface area contributed by atoms with Crippen molar-refractivity contribution in [3.05, 3.63) is 47.3 Å². The summed E-state index contributed by atoms with van der Waals surface area (Å²) in [6.07, 6.45) is 13.1. The third kappa shape index (κ3) is 7.10. The minimum absolute atomic E-state index is 0.643. The van der Waals surface area contributed by atoms with E-state index in [2.05, 4.69) is 18.2 Å². The van der Waals surface area contributed by atoms with Gasteiger partial charge in [0, 0.05) is 0 Å². The fourth-order valence-electron chi connectivity index (χ4n) is 3.81. The van der Waals surface area contributed by atoms with Crippen molar-refractivity contribution < 1.29 is 4.39 Å². The van der Waals surface area contributed by atoms with E-state index in [1.807, 2.05) is 12.1 Å². The van der Waals surface area contributed by atoms with Crippen molar-refractivity contribution in [2.24, 2.45) is 11.8 Å². The minimum Gasteiger partial charge on any atom is -0.195 e. The summed E-state index contributed by atoms with van der Waals surface area (Å²) in [5.74, 6) is 0.914. The standard InChI is InChI=1S/C22H27FN2/c23-22(17-25)7-3-6-20-10-8-18(9-11-20)4-1-2-5-19-12-14-21(16-24)15-13-19/h7,12-15,18,20H,1-6,8-11H2. The molecule has 0 atom stereocenters. The van der Waals surface area contributed by atoms with Crippen LogP contribution in [0.2, 0.25) is 0 Å². The largest absolute Gasteiger partial charge is 0.196 e. The maximum absolute atomic E-state index is 12.8. The van der Waals surface area contributed by atoms with Gasteiger partial charge >= 0.3 is 0 Å². The van der Waals surface area contributed by atoms with Crippen LogP contribution in [0.5, 0.6) is 0 Å². The van der Waals surface area contributed by atoms with Crippen molar-refractivity contribution in [3.63, 3.8) is 0 Å². The summed E-state index contributed by atoms with van der Waals surface area (Å²) in [5.41, 5.74) is 2.05. The number of nitrogens with zero attached hydrogens (tertiary/aromatic N) is 2. The quantitative estimate of drug-likeness (QED) is 0.416. The van der Waals surface area contributed by atoms with Gasteiger partial charge in [-0.25, -0.2) is 0 Å². The predicted octanol–water partition coefficient (Wildman–Crippen LogP) is 6.23. The molecule has 132 valence electrons. The monoisotopic (exact) mass is 338 g/mol. The molecule has 2 rings (SSSR count). The van der Waals surface area contributed by atoms with Crippen LogP contribution in [0.25, 0.3) is 0 Å². The molecule has 0 amide bonds. The van der Waals surface area contributed by atoms with E-state index in [4.69, 9.17) is 10.5 Å². The average Bonchev–Trinajstić information content (AvgIpc) is 2.66. The van der Waals surface area contributed by atoms with E-state index in [0.29, 0.717) is 12.3 Å². The number of halogens is 1. The van der Waals surface area contributed by atoms with E-state index < -0.39 is 5.83 Å². The molecular formula is C22H27FN2. The topological polar surface area (TPSA) is 47.6 Å². The fraction of sp³-hybridized carbons (Fsp3) is 0.545. The second kappa shape index (κ2) is 10.7. The van der Waals surface area contributed by atoms with Gasteiger partial charge in [0.25, 0.3) is 0 Å². The summed E-state index contributed by atoms with van der Waals surface area (Å²) in [6.45, 7) is 0. The van der Waals surface area contributed by atoms with Crippen LogP contribution in [0.4, 0.5) is 4.39 Å². The highest BCUT2D eigenvalue weighted by Crippen LogP contribution is 2.34. The minimum atomic E-state index is -0.643. The Balaban J connectivity index is 1.56. The average molecular weight is 338 g/mol. The van der Waals surface area contributed by atoms with Crippen LogP contribution >= 0.6 is 0 Å². The van der Waals surface area contributed by atoms with Gasteiger partial charge in [-0.1, -0.05) is 50.7 Å². The van der Waals surface area contributed by atoms with Crippen LogP contribution < -0.4 is 0 Å². The summed E-state index contributed by atoms with van der Waals surface area (Å²) in [5, 5.41) is 17.2. The van der Waals surface area contributed by atoms with Gasteiger partial charge in [0.2, 0.25) is 0 Å². The van der Waals surface area contributed by atoms with Gasteiger partial charge in [-0.3, -0.25) is 0 Å². The summed E-state index contributed by atoms with van der Waals surface area (Å²) >= 11 is 0. The molecule has 0 bridgehead atoms. The van der Waals surface area contributed by atoms with Gasteiger partial charge in [0.1, 0.15) is 6.07 Å². The zero-order valence-electron chi connectivity index (χ0n) is 14.9. The zero-order valence-corrected chi connectivity index (χ0v) is 14.9. The maximum atomic E-state index is 12.8. The molecule has 0 spiro atoms. The van der Waals surface area contributed by atoms with E-state index in [0.717, 1.165) is 24.3 Å². The number of hydrogen-bond donors (Lipinski definition) is 0. The van der Waals surface area contributed by atoms with Crippen LogP contribution in [-0.4, -0.2) is 0 Å². The first-order chi connectivity index (χ1) is 12.2. The van der Waals surface area contributed by atoms with E-state index in [9.17, 15) is 4.39 Å². The molecule has 25 heavy (non-hydrogen) atoms. The van der Waals surface area contributed by atoms with Gasteiger partial charge in [-0.05, 0) is 61.3 Å². The zero-order chi connectivity index (χ0) is 17.9. The maximum Gasteiger partial charge on any atom is 0.196 e. The molecule has 2 nitrogen and oxygen atoms in total. The van der Waals surface area contributed by atoms with Crippen LogP contribution in [0.15, 0.2) is 36.2 Å². The second-order valence-corrected chi connectivity index (χ2v) is 7.18. The highest BCUT2D eigenvalue weighted by Gasteiger charge is 2.20. The number of unbranched alkanes of at least 4 members (excludes halogenated alkanes) is 1. The molecule has 1 aliphatic carbocycles. The Hall–Kier alpha value is -2.13. The lowest BCUT2D eigenvalue weighted by Gasteiger charge is -2.28. The Morgan fingerprint density at radius 3 is 2.24 bits per heavy atom. The van der Waals surface area contributed by atoms with Crippen molar-refractivity contribution >= 4 is 0 Å². The van der Waals surface area contributed by atoms with Crippen molar-refractivity contribution in [1.82, 2.24) is 0 Å². The molecule has 0 aliphatic heterocycles. The molecule has 0 radical (unpaired) electrons. The fourth-order valence-corrected chi connectivity index (χ4v) is 3.81. The third-order valence-corrected chi connectivity index (χ3v) is 5.38. The molecule has 0 unspecified atom stereocenters. The van der Waals surface area contributed by atoms with E-state index >= 15 is 0 Å². The van der Waals surface area contributed by atoms with Crippen LogP contribution in [0.3, 0.4) is 0 Å². The number of benzene rings is 1. The third-order valence-electron chi connectivity index (χ3n) is 5.38. The van der Waals surface area contributed by atoms with E-state index in [1.165, 1.54) is 62.7 Å². The molecule has 1 fully saturated rings. The first kappa shape index (κ1) is 19.2. The smallest absolute Gasteiger partial charge is 0.195 e. The van der Waals surface area contributed by atoms with Crippen LogP contribution in [-0.2, 0) is 6.42 Å². The lowest BCUT2D eigenvalue weighted by molar-refractivity contribution is 0.250. The van der Waals surface area contributed by atoms with Crippen LogP contribution in [0.1, 0.15) is 68.9 Å². The molecular weight excluding hydrogens is 311 g/mol. The van der Waals surface area contributed by atoms with Crippen LogP contribution in [0, 0.1) is 34.5 Å². The highest BCUT2D eigenvalue weighted by molar-refractivity contribution is 5.31. The summed E-state index contributed by atoms with van der Waals surface area (Å²) in [6, 6.07) is 11.6. The van der Waals surface area contributed by atoms with Crippen molar-refractivity contribution in [2.75, 3.05) is 0 Å². The van der Waals surface area contributed by atoms with Gasteiger partial charge in [0.15, 0.2) is 5.83 Å². The lowest BCUT2D eigenvalue weighted by Crippen LogP contribution is -2.14. The van der Waals surface area contributed by atoms with Gasteiger partial charge in [-0.15, -0.1) is 0 Å². The molecule has 1 aromatic rings. The molecule has 0 aromatic heterocycles. The predicted molar refractivity (Wildman–Crippen MR) is 98.2 cm³/mol. The van der Waals surface area contributed by atoms with E-state index in [-0.39, 0.29) is 0 Å². The first-order valence-electron chi connectivity index (χ1n) is 9.46. The normalized spacial score (nSPS) is 20.7. The molecule has 0 heterocycles. The Morgan fingerprint density at radius 2 is 1.64 bits per heavy atom. The molecule has 1 saturated carbocycles. The molecule has 3 heteroatoms. The van der Waals surface area contributed by atoms with E-state index in [1.54, 1.807) is 0 Å². The molecule has 0 saturated heterocycles. The summed E-state index contributed by atoms with van der Waals surface area (Å²) < 4.78 is 12.8. The first-order valence-corrected chi connectivity index (χ1v) is 9.46. The summed E-state index contributed by atoms with van der Waals surface area (Å²) in [4.78, 5) is 0. The molecule has 0 N–H and O–H groups in total. The SMILES string of the molecule is N#CC(F)=CCCC1CCC(CCCCc2ccc(C#N)cc2)CC1. The summed E-state index contributed by atoms with van der Waals surface area (Å²) in [7, 11) is 0. The number of allylic oxidation sites excluding steroid dienone is 2. The van der Waals surface area contributed by atoms with Gasteiger partial charge in [0.05, 0.1) is 11.6 Å². The Morgan fingerprint density at radius 1 is 1.00 bits per heavy atom. The van der Waals surface area contributed by atoms with Gasteiger partial charge < -0.3 is 0 Å². The van der Waals surface area contributed by atoms with Crippen molar-refractivity contribution in [2.45, 2.75) is 64.2 Å². The number of aryl methyl sites for hydroxylation is 1. The number of rotatable bonds is 8. The number of nitriles is 2. The second-order valence-electron chi connectivity index (χ2n) is 7.18. The lowest BCUT2D eigenvalue weighted by atomic mass is 9.78. The van der Waals surface area contributed by atoms with Crippen molar-refractivity contribution in [3.8, 4) is 12.1 Å². The molecule has 1 aliphatic rings. The van der Waals surface area contributed by atoms with Crippen molar-refractivity contribution in [1.29, 1.82) is 10.5 Å². The Kier molecular flexibility index (Phi) is 8.20. The number of hydrogen-bond acceptors (Lipinski definition) is 2.